The van der Waals surface area contributed by atoms with Crippen molar-refractivity contribution >= 4 is 10.9 Å². The van der Waals surface area contributed by atoms with Crippen molar-refractivity contribution in [2.24, 2.45) is 0 Å². The summed E-state index contributed by atoms with van der Waals surface area (Å²) in [5.41, 5.74) is 3.88. The van der Waals surface area contributed by atoms with Crippen LogP contribution in [0, 0.1) is 0 Å². The maximum absolute atomic E-state index is 5.43. The third kappa shape index (κ3) is 2.97. The van der Waals surface area contributed by atoms with Gasteiger partial charge in [-0.05, 0) is 11.6 Å². The van der Waals surface area contributed by atoms with E-state index in [-0.39, 0.29) is 0 Å². The number of hydrogen-bond donors (Lipinski definition) is 0. The summed E-state index contributed by atoms with van der Waals surface area (Å²) < 4.78 is 12.7. The molecule has 0 spiro atoms. The number of ether oxygens (including phenoxy) is 2. The zero-order chi connectivity index (χ0) is 17.9. The van der Waals surface area contributed by atoms with Crippen LogP contribution in [0.3, 0.4) is 0 Å². The molecule has 0 fully saturated rings. The first-order valence-corrected chi connectivity index (χ1v) is 8.22. The molecule has 0 aliphatic rings. The number of benzene rings is 2. The van der Waals surface area contributed by atoms with Crippen LogP contribution in [-0.4, -0.2) is 34.2 Å². The zero-order valence-electron chi connectivity index (χ0n) is 14.6. The highest BCUT2D eigenvalue weighted by atomic mass is 16.5. The van der Waals surface area contributed by atoms with E-state index in [0.717, 1.165) is 22.0 Å². The van der Waals surface area contributed by atoms with Crippen LogP contribution < -0.4 is 9.47 Å². The molecule has 0 radical (unpaired) electrons. The fraction of sp³-hybridized carbons (Fsp3) is 0.150. The fourth-order valence-electron chi connectivity index (χ4n) is 2.97. The molecule has 2 aromatic heterocycles. The molecule has 0 saturated heterocycles. The Bertz CT molecular complexity index is 1040. The van der Waals surface area contributed by atoms with Crippen LogP contribution in [0.4, 0.5) is 0 Å². The lowest BCUT2D eigenvalue weighted by atomic mass is 10.1. The number of aromatic nitrogens is 4. The quantitative estimate of drug-likeness (QED) is 0.553. The lowest BCUT2D eigenvalue weighted by molar-refractivity contribution is 0.356. The average molecular weight is 346 g/mol. The molecule has 130 valence electrons. The Morgan fingerprint density at radius 3 is 2.50 bits per heavy atom. The lowest BCUT2D eigenvalue weighted by Crippen LogP contribution is -1.99. The second-order valence-electron chi connectivity index (χ2n) is 5.89. The van der Waals surface area contributed by atoms with E-state index in [4.69, 9.17) is 9.47 Å². The van der Waals surface area contributed by atoms with Gasteiger partial charge in [-0.1, -0.05) is 30.3 Å². The van der Waals surface area contributed by atoms with Crippen LogP contribution in [0.5, 0.6) is 11.5 Å². The first kappa shape index (κ1) is 16.1. The smallest absolute Gasteiger partial charge is 0.162 e. The van der Waals surface area contributed by atoms with E-state index < -0.39 is 0 Å². The molecule has 0 atom stereocenters. The minimum atomic E-state index is 0.631. The Hall–Kier alpha value is -3.41. The summed E-state index contributed by atoms with van der Waals surface area (Å²) >= 11 is 0. The van der Waals surface area contributed by atoms with Gasteiger partial charge in [-0.25, -0.2) is 0 Å². The Balaban J connectivity index is 1.75. The first-order chi connectivity index (χ1) is 12.8. The molecule has 0 aliphatic carbocycles. The minimum absolute atomic E-state index is 0.631. The van der Waals surface area contributed by atoms with Crippen molar-refractivity contribution in [2.75, 3.05) is 14.2 Å². The van der Waals surface area contributed by atoms with E-state index in [0.29, 0.717) is 18.0 Å². The van der Waals surface area contributed by atoms with Crippen molar-refractivity contribution in [2.45, 2.75) is 6.54 Å². The number of fused-ring (bicyclic) bond motifs is 1. The van der Waals surface area contributed by atoms with E-state index in [1.165, 1.54) is 5.56 Å². The van der Waals surface area contributed by atoms with Gasteiger partial charge in [0.2, 0.25) is 0 Å². The summed E-state index contributed by atoms with van der Waals surface area (Å²) in [7, 11) is 3.23. The standard InChI is InChI=1S/C20H18N4O2/c1-25-19-8-16-17(11-21-23-18(16)9-20(19)26-2)15-10-22-24(13-15)12-14-6-4-3-5-7-14/h3-11,13H,12H2,1-2H3. The molecular weight excluding hydrogens is 328 g/mol. The van der Waals surface area contributed by atoms with Crippen molar-refractivity contribution in [3.05, 3.63) is 66.6 Å². The van der Waals surface area contributed by atoms with Gasteiger partial charge in [0.25, 0.3) is 0 Å². The second-order valence-corrected chi connectivity index (χ2v) is 5.89. The molecule has 6 nitrogen and oxygen atoms in total. The number of hydrogen-bond acceptors (Lipinski definition) is 5. The minimum Gasteiger partial charge on any atom is -0.493 e. The number of rotatable bonds is 5. The molecule has 4 rings (SSSR count). The molecule has 6 heteroatoms. The number of nitrogens with zero attached hydrogens (tertiary/aromatic N) is 4. The van der Waals surface area contributed by atoms with Gasteiger partial charge in [-0.2, -0.15) is 15.3 Å². The topological polar surface area (TPSA) is 62.1 Å². The summed E-state index contributed by atoms with van der Waals surface area (Å²) in [6.07, 6.45) is 5.61. The van der Waals surface area contributed by atoms with Gasteiger partial charge in [-0.3, -0.25) is 4.68 Å². The summed E-state index contributed by atoms with van der Waals surface area (Å²) in [6, 6.07) is 14.0. The second kappa shape index (κ2) is 6.84. The van der Waals surface area contributed by atoms with Crippen LogP contribution in [0.25, 0.3) is 22.0 Å². The largest absolute Gasteiger partial charge is 0.493 e. The molecule has 2 aromatic carbocycles. The molecule has 0 aliphatic heterocycles. The van der Waals surface area contributed by atoms with Crippen LogP contribution in [-0.2, 0) is 6.54 Å². The summed E-state index contributed by atoms with van der Waals surface area (Å²) in [4.78, 5) is 0. The SMILES string of the molecule is COc1cc2nncc(-c3cnn(Cc4ccccc4)c3)c2cc1OC. The highest BCUT2D eigenvalue weighted by Gasteiger charge is 2.13. The summed E-state index contributed by atoms with van der Waals surface area (Å²) in [5, 5.41) is 13.8. The molecule has 2 heterocycles. The number of methoxy groups -OCH3 is 2. The van der Waals surface area contributed by atoms with E-state index >= 15 is 0 Å². The summed E-state index contributed by atoms with van der Waals surface area (Å²) in [5.74, 6) is 1.29. The van der Waals surface area contributed by atoms with Gasteiger partial charge >= 0.3 is 0 Å². The predicted molar refractivity (Wildman–Crippen MR) is 99.4 cm³/mol. The average Bonchev–Trinajstić information content (AvgIpc) is 3.15. The molecule has 0 bridgehead atoms. The van der Waals surface area contributed by atoms with Crippen molar-refractivity contribution in [1.82, 2.24) is 20.0 Å². The Morgan fingerprint density at radius 1 is 0.962 bits per heavy atom. The van der Waals surface area contributed by atoms with Crippen LogP contribution >= 0.6 is 0 Å². The zero-order valence-corrected chi connectivity index (χ0v) is 14.6. The molecule has 26 heavy (non-hydrogen) atoms. The van der Waals surface area contributed by atoms with Gasteiger partial charge in [0.15, 0.2) is 11.5 Å². The van der Waals surface area contributed by atoms with Gasteiger partial charge in [0, 0.05) is 28.8 Å². The van der Waals surface area contributed by atoms with E-state index in [2.05, 4.69) is 27.4 Å². The lowest BCUT2D eigenvalue weighted by Gasteiger charge is -2.10. The van der Waals surface area contributed by atoms with Crippen LogP contribution in [0.15, 0.2) is 61.1 Å². The highest BCUT2D eigenvalue weighted by Crippen LogP contribution is 2.35. The molecule has 0 unspecified atom stereocenters. The fourth-order valence-corrected chi connectivity index (χ4v) is 2.97. The van der Waals surface area contributed by atoms with Gasteiger partial charge in [0.05, 0.1) is 38.7 Å². The third-order valence-electron chi connectivity index (χ3n) is 4.28. The van der Waals surface area contributed by atoms with Gasteiger partial charge in [0.1, 0.15) is 0 Å². The third-order valence-corrected chi connectivity index (χ3v) is 4.28. The van der Waals surface area contributed by atoms with Crippen LogP contribution in [0.1, 0.15) is 5.56 Å². The predicted octanol–water partition coefficient (Wildman–Crippen LogP) is 3.56. The van der Waals surface area contributed by atoms with E-state index in [1.54, 1.807) is 20.4 Å². The van der Waals surface area contributed by atoms with Gasteiger partial charge in [-0.15, -0.1) is 0 Å². The molecule has 0 N–H and O–H groups in total. The Labute approximate surface area is 151 Å². The summed E-state index contributed by atoms with van der Waals surface area (Å²) in [6.45, 7) is 0.717. The van der Waals surface area contributed by atoms with Crippen molar-refractivity contribution < 1.29 is 9.47 Å². The highest BCUT2D eigenvalue weighted by molar-refractivity contribution is 5.95. The van der Waals surface area contributed by atoms with Crippen LogP contribution in [0.2, 0.25) is 0 Å². The molecular formula is C20H18N4O2. The van der Waals surface area contributed by atoms with Gasteiger partial charge < -0.3 is 9.47 Å². The first-order valence-electron chi connectivity index (χ1n) is 8.22. The van der Waals surface area contributed by atoms with E-state index in [1.807, 2.05) is 47.4 Å². The van der Waals surface area contributed by atoms with Crippen molar-refractivity contribution in [3.63, 3.8) is 0 Å². The Kier molecular flexibility index (Phi) is 4.23. The van der Waals surface area contributed by atoms with Crippen molar-refractivity contribution in [1.29, 1.82) is 0 Å². The maximum Gasteiger partial charge on any atom is 0.162 e. The van der Waals surface area contributed by atoms with E-state index in [9.17, 15) is 0 Å². The molecule has 0 saturated carbocycles. The Morgan fingerprint density at radius 2 is 1.73 bits per heavy atom. The molecule has 4 aromatic rings. The monoisotopic (exact) mass is 346 g/mol. The maximum atomic E-state index is 5.43. The van der Waals surface area contributed by atoms with Crippen molar-refractivity contribution in [3.8, 4) is 22.6 Å². The normalized spacial score (nSPS) is 10.8. The molecule has 0 amide bonds.